The topological polar surface area (TPSA) is 44.5 Å². The summed E-state index contributed by atoms with van der Waals surface area (Å²) >= 11 is 0. The van der Waals surface area contributed by atoms with E-state index in [1.165, 1.54) is 19.5 Å². The standard InChI is InChI=1S/C11H22N4/c1-14-5-2-6-15(8-7-14)11-3-4-13-9-10(11)12/h3-4,10-11,13H,2,5-9,12H2,1H3. The van der Waals surface area contributed by atoms with E-state index in [2.05, 4.69) is 28.2 Å². The highest BCUT2D eigenvalue weighted by molar-refractivity contribution is 5.04. The van der Waals surface area contributed by atoms with Crippen molar-refractivity contribution in [3.63, 3.8) is 0 Å². The molecule has 15 heavy (non-hydrogen) atoms. The second-order valence-electron chi connectivity index (χ2n) is 4.61. The molecule has 0 aromatic heterocycles. The molecule has 2 aliphatic rings. The van der Waals surface area contributed by atoms with Crippen molar-refractivity contribution in [1.29, 1.82) is 0 Å². The molecule has 86 valence electrons. The van der Waals surface area contributed by atoms with Gasteiger partial charge in [-0.2, -0.15) is 0 Å². The molecule has 0 spiro atoms. The van der Waals surface area contributed by atoms with E-state index in [0.29, 0.717) is 6.04 Å². The summed E-state index contributed by atoms with van der Waals surface area (Å²) in [5.74, 6) is 0. The summed E-state index contributed by atoms with van der Waals surface area (Å²) in [6, 6.07) is 0.663. The van der Waals surface area contributed by atoms with Crippen molar-refractivity contribution < 1.29 is 0 Å². The van der Waals surface area contributed by atoms with E-state index in [1.807, 2.05) is 6.20 Å². The Labute approximate surface area is 92.1 Å². The van der Waals surface area contributed by atoms with Gasteiger partial charge < -0.3 is 16.0 Å². The first kappa shape index (κ1) is 10.9. The third kappa shape index (κ3) is 2.71. The summed E-state index contributed by atoms with van der Waals surface area (Å²) < 4.78 is 0. The number of likely N-dealkylation sites (N-methyl/N-ethyl adjacent to an activating group) is 1. The number of hydrogen-bond acceptors (Lipinski definition) is 4. The highest BCUT2D eigenvalue weighted by Gasteiger charge is 2.25. The Hall–Kier alpha value is -0.580. The number of nitrogens with zero attached hydrogens (tertiary/aromatic N) is 2. The van der Waals surface area contributed by atoms with Crippen LogP contribution in [0.4, 0.5) is 0 Å². The average molecular weight is 210 g/mol. The molecule has 2 heterocycles. The van der Waals surface area contributed by atoms with Crippen molar-refractivity contribution in [2.75, 3.05) is 39.8 Å². The molecule has 0 bridgehead atoms. The van der Waals surface area contributed by atoms with Crippen LogP contribution in [0.1, 0.15) is 6.42 Å². The van der Waals surface area contributed by atoms with Crippen LogP contribution >= 0.6 is 0 Å². The van der Waals surface area contributed by atoms with Gasteiger partial charge in [0.05, 0.1) is 0 Å². The molecule has 0 aliphatic carbocycles. The van der Waals surface area contributed by atoms with Crippen LogP contribution in [0.25, 0.3) is 0 Å². The van der Waals surface area contributed by atoms with Crippen LogP contribution in [0.3, 0.4) is 0 Å². The van der Waals surface area contributed by atoms with Gasteiger partial charge in [-0.15, -0.1) is 0 Å². The Morgan fingerprint density at radius 2 is 2.13 bits per heavy atom. The Morgan fingerprint density at radius 1 is 1.27 bits per heavy atom. The van der Waals surface area contributed by atoms with Gasteiger partial charge in [-0.1, -0.05) is 6.08 Å². The summed E-state index contributed by atoms with van der Waals surface area (Å²) in [5.41, 5.74) is 6.13. The van der Waals surface area contributed by atoms with Crippen LogP contribution in [-0.2, 0) is 0 Å². The monoisotopic (exact) mass is 210 g/mol. The molecule has 2 unspecified atom stereocenters. The molecule has 2 rings (SSSR count). The van der Waals surface area contributed by atoms with Crippen molar-refractivity contribution in [2.45, 2.75) is 18.5 Å². The first-order chi connectivity index (χ1) is 7.27. The van der Waals surface area contributed by atoms with Crippen LogP contribution in [0.2, 0.25) is 0 Å². The zero-order chi connectivity index (χ0) is 10.7. The molecule has 2 aliphatic heterocycles. The molecule has 3 N–H and O–H groups in total. The Bertz CT molecular complexity index is 229. The second-order valence-corrected chi connectivity index (χ2v) is 4.61. The van der Waals surface area contributed by atoms with Crippen molar-refractivity contribution >= 4 is 0 Å². The highest BCUT2D eigenvalue weighted by Crippen LogP contribution is 2.11. The Morgan fingerprint density at radius 3 is 2.93 bits per heavy atom. The largest absolute Gasteiger partial charge is 0.389 e. The quantitative estimate of drug-likeness (QED) is 0.609. The molecule has 2 atom stereocenters. The minimum Gasteiger partial charge on any atom is -0.389 e. The number of nitrogens with two attached hydrogens (primary N) is 1. The minimum absolute atomic E-state index is 0.235. The first-order valence-electron chi connectivity index (χ1n) is 5.85. The van der Waals surface area contributed by atoms with Gasteiger partial charge in [-0.05, 0) is 26.2 Å². The third-order valence-electron chi connectivity index (χ3n) is 3.38. The molecular formula is C11H22N4. The fourth-order valence-electron chi connectivity index (χ4n) is 2.39. The van der Waals surface area contributed by atoms with Crippen LogP contribution < -0.4 is 11.1 Å². The maximum absolute atomic E-state index is 6.13. The maximum atomic E-state index is 6.13. The van der Waals surface area contributed by atoms with E-state index >= 15 is 0 Å². The van der Waals surface area contributed by atoms with Crippen molar-refractivity contribution in [3.05, 3.63) is 12.3 Å². The van der Waals surface area contributed by atoms with Gasteiger partial charge in [-0.25, -0.2) is 0 Å². The maximum Gasteiger partial charge on any atom is 0.0464 e. The molecule has 1 fully saturated rings. The first-order valence-corrected chi connectivity index (χ1v) is 5.85. The Balaban J connectivity index is 1.96. The molecule has 0 aromatic rings. The van der Waals surface area contributed by atoms with Gasteiger partial charge in [0.25, 0.3) is 0 Å². The van der Waals surface area contributed by atoms with Crippen molar-refractivity contribution in [2.24, 2.45) is 5.73 Å². The molecule has 4 heteroatoms. The third-order valence-corrected chi connectivity index (χ3v) is 3.38. The Kier molecular flexibility index (Phi) is 3.61. The van der Waals surface area contributed by atoms with Gasteiger partial charge in [-0.3, -0.25) is 4.90 Å². The SMILES string of the molecule is CN1CCCN(C2C=CNCC2N)CC1. The van der Waals surface area contributed by atoms with Gasteiger partial charge in [0.15, 0.2) is 0 Å². The van der Waals surface area contributed by atoms with E-state index in [0.717, 1.165) is 19.6 Å². The van der Waals surface area contributed by atoms with E-state index in [-0.39, 0.29) is 6.04 Å². The van der Waals surface area contributed by atoms with E-state index < -0.39 is 0 Å². The molecule has 0 amide bonds. The molecule has 1 saturated heterocycles. The lowest BCUT2D eigenvalue weighted by molar-refractivity contribution is 0.205. The van der Waals surface area contributed by atoms with Gasteiger partial charge in [0.2, 0.25) is 0 Å². The molecule has 0 radical (unpaired) electrons. The predicted octanol–water partition coefficient (Wildman–Crippen LogP) is -0.563. The van der Waals surface area contributed by atoms with E-state index in [1.54, 1.807) is 0 Å². The van der Waals surface area contributed by atoms with Gasteiger partial charge in [0, 0.05) is 38.3 Å². The lowest BCUT2D eigenvalue weighted by Crippen LogP contribution is -2.53. The van der Waals surface area contributed by atoms with Crippen molar-refractivity contribution in [3.8, 4) is 0 Å². The summed E-state index contributed by atoms with van der Waals surface area (Å²) in [5, 5.41) is 3.19. The zero-order valence-electron chi connectivity index (χ0n) is 9.52. The number of nitrogens with one attached hydrogen (secondary N) is 1. The van der Waals surface area contributed by atoms with Crippen LogP contribution in [-0.4, -0.2) is 61.7 Å². The molecule has 0 aromatic carbocycles. The fraction of sp³-hybridized carbons (Fsp3) is 0.818. The van der Waals surface area contributed by atoms with E-state index in [9.17, 15) is 0 Å². The molecule has 0 saturated carbocycles. The summed E-state index contributed by atoms with van der Waals surface area (Å²) in [6.07, 6.45) is 5.50. The number of rotatable bonds is 1. The smallest absolute Gasteiger partial charge is 0.0464 e. The van der Waals surface area contributed by atoms with Gasteiger partial charge >= 0.3 is 0 Å². The predicted molar refractivity (Wildman–Crippen MR) is 62.6 cm³/mol. The average Bonchev–Trinajstić information content (AvgIpc) is 2.44. The summed E-state index contributed by atoms with van der Waals surface area (Å²) in [6.45, 7) is 5.57. The van der Waals surface area contributed by atoms with Crippen molar-refractivity contribution in [1.82, 2.24) is 15.1 Å². The second kappa shape index (κ2) is 4.96. The lowest BCUT2D eigenvalue weighted by Gasteiger charge is -2.34. The number of hydrogen-bond donors (Lipinski definition) is 2. The summed E-state index contributed by atoms with van der Waals surface area (Å²) in [4.78, 5) is 4.92. The molecule has 4 nitrogen and oxygen atoms in total. The van der Waals surface area contributed by atoms with E-state index in [4.69, 9.17) is 5.73 Å². The normalized spacial score (nSPS) is 34.8. The lowest BCUT2D eigenvalue weighted by atomic mass is 10.0. The zero-order valence-corrected chi connectivity index (χ0v) is 9.52. The van der Waals surface area contributed by atoms with Crippen LogP contribution in [0, 0.1) is 0 Å². The minimum atomic E-state index is 0.235. The summed E-state index contributed by atoms with van der Waals surface area (Å²) in [7, 11) is 2.20. The van der Waals surface area contributed by atoms with Crippen LogP contribution in [0.5, 0.6) is 0 Å². The highest BCUT2D eigenvalue weighted by atomic mass is 15.2. The molecular weight excluding hydrogens is 188 g/mol. The van der Waals surface area contributed by atoms with Gasteiger partial charge in [0.1, 0.15) is 0 Å². The fourth-order valence-corrected chi connectivity index (χ4v) is 2.39. The van der Waals surface area contributed by atoms with Crippen LogP contribution in [0.15, 0.2) is 12.3 Å².